The molecule has 3 rings (SSSR count). The largest absolute Gasteiger partial charge is 0.399 e. The van der Waals surface area contributed by atoms with Gasteiger partial charge in [0.05, 0.1) is 10.5 Å². The van der Waals surface area contributed by atoms with Crippen LogP contribution < -0.4 is 11.2 Å². The molecular weight excluding hydrogens is 248 g/mol. The van der Waals surface area contributed by atoms with Gasteiger partial charge >= 0.3 is 0 Å². The summed E-state index contributed by atoms with van der Waals surface area (Å²) in [6.45, 7) is 0. The Hall–Kier alpha value is -2.13. The van der Waals surface area contributed by atoms with Crippen molar-refractivity contribution in [3.8, 4) is 0 Å². The van der Waals surface area contributed by atoms with Crippen LogP contribution in [0.2, 0.25) is 5.02 Å². The van der Waals surface area contributed by atoms with Crippen molar-refractivity contribution in [3.63, 3.8) is 0 Å². The second kappa shape index (κ2) is 3.96. The van der Waals surface area contributed by atoms with Crippen molar-refractivity contribution in [3.05, 3.63) is 57.8 Å². The Labute approximate surface area is 108 Å². The highest BCUT2D eigenvalue weighted by Gasteiger charge is 2.04. The van der Waals surface area contributed by atoms with Gasteiger partial charge in [0, 0.05) is 22.7 Å². The van der Waals surface area contributed by atoms with Crippen LogP contribution in [0.3, 0.4) is 0 Å². The van der Waals surface area contributed by atoms with Crippen LogP contribution in [0.15, 0.2) is 47.4 Å². The van der Waals surface area contributed by atoms with E-state index in [0.717, 1.165) is 5.39 Å². The lowest BCUT2D eigenvalue weighted by Gasteiger charge is -1.94. The molecule has 2 N–H and O–H groups in total. The quantitative estimate of drug-likeness (QED) is 0.629. The number of nitrogens with zero attached hydrogens (tertiary/aromatic N) is 1. The van der Waals surface area contributed by atoms with E-state index < -0.39 is 0 Å². The average molecular weight is 257 g/mol. The molecule has 18 heavy (non-hydrogen) atoms. The highest BCUT2D eigenvalue weighted by Crippen LogP contribution is 2.18. The zero-order valence-electron chi connectivity index (χ0n) is 9.35. The van der Waals surface area contributed by atoms with E-state index in [2.05, 4.69) is 4.98 Å². The van der Waals surface area contributed by atoms with Crippen LogP contribution in [0, 0.1) is 0 Å². The molecule has 0 unspecified atom stereocenters. The van der Waals surface area contributed by atoms with E-state index in [0.29, 0.717) is 27.0 Å². The van der Waals surface area contributed by atoms with Crippen LogP contribution in [0.4, 0.5) is 5.69 Å². The van der Waals surface area contributed by atoms with Gasteiger partial charge in [0.1, 0.15) is 0 Å². The highest BCUT2D eigenvalue weighted by molar-refractivity contribution is 6.31. The Morgan fingerprint density at radius 1 is 1.06 bits per heavy atom. The fourth-order valence-electron chi connectivity index (χ4n) is 1.99. The maximum atomic E-state index is 12.4. The second-order valence-electron chi connectivity index (χ2n) is 4.10. The number of anilines is 1. The molecular formula is C14H9ClN2O. The smallest absolute Gasteiger partial charge is 0.195 e. The maximum absolute atomic E-state index is 12.4. The summed E-state index contributed by atoms with van der Waals surface area (Å²) < 4.78 is 0. The predicted molar refractivity (Wildman–Crippen MR) is 74.9 cm³/mol. The molecule has 1 heterocycles. The number of nitrogen functional groups attached to an aromatic ring is 1. The maximum Gasteiger partial charge on any atom is 0.195 e. The predicted octanol–water partition coefficient (Wildman–Crippen LogP) is 2.98. The summed E-state index contributed by atoms with van der Waals surface area (Å²) in [6.07, 6.45) is 1.53. The van der Waals surface area contributed by atoms with Crippen molar-refractivity contribution < 1.29 is 0 Å². The summed E-state index contributed by atoms with van der Waals surface area (Å²) in [5, 5.41) is 2.36. The standard InChI is InChI=1S/C14H9ClN2O/c15-9-5-12-13(17-7-9)4-2-8-1-3-10(16)6-11(8)14(12)18/h1-7H,16H2. The van der Waals surface area contributed by atoms with Gasteiger partial charge in [-0.15, -0.1) is 0 Å². The Morgan fingerprint density at radius 3 is 2.67 bits per heavy atom. The van der Waals surface area contributed by atoms with E-state index in [4.69, 9.17) is 17.3 Å². The van der Waals surface area contributed by atoms with Gasteiger partial charge in [0.25, 0.3) is 0 Å². The number of rotatable bonds is 0. The molecule has 2 aromatic carbocycles. The van der Waals surface area contributed by atoms with Crippen molar-refractivity contribution in [2.45, 2.75) is 0 Å². The average Bonchev–Trinajstić information content (AvgIpc) is 2.49. The normalized spacial score (nSPS) is 10.9. The first kappa shape index (κ1) is 11.0. The number of halogens is 1. The number of pyridine rings is 1. The van der Waals surface area contributed by atoms with Crippen molar-refractivity contribution in [1.29, 1.82) is 0 Å². The summed E-state index contributed by atoms with van der Waals surface area (Å²) >= 11 is 5.89. The Balaban J connectivity index is 2.62. The zero-order chi connectivity index (χ0) is 12.7. The van der Waals surface area contributed by atoms with Crippen molar-refractivity contribution in [1.82, 2.24) is 4.98 Å². The fraction of sp³-hybridized carbons (Fsp3) is 0. The lowest BCUT2D eigenvalue weighted by atomic mass is 10.1. The number of fused-ring (bicyclic) bond motifs is 2. The van der Waals surface area contributed by atoms with Crippen LogP contribution in [-0.2, 0) is 0 Å². The molecule has 0 fully saturated rings. The molecule has 0 saturated carbocycles. The summed E-state index contributed by atoms with van der Waals surface area (Å²) in [6, 6.07) is 10.6. The molecule has 1 aromatic heterocycles. The molecule has 0 atom stereocenters. The van der Waals surface area contributed by atoms with E-state index >= 15 is 0 Å². The van der Waals surface area contributed by atoms with Gasteiger partial charge in [-0.25, -0.2) is 0 Å². The van der Waals surface area contributed by atoms with Gasteiger partial charge in [-0.2, -0.15) is 0 Å². The first-order valence-electron chi connectivity index (χ1n) is 5.43. The monoisotopic (exact) mass is 256 g/mol. The molecule has 0 amide bonds. The topological polar surface area (TPSA) is 56.0 Å². The van der Waals surface area contributed by atoms with Crippen LogP contribution in [0.5, 0.6) is 0 Å². The summed E-state index contributed by atoms with van der Waals surface area (Å²) in [7, 11) is 0. The fourth-order valence-corrected chi connectivity index (χ4v) is 2.15. The Bertz CT molecular complexity index is 763. The lowest BCUT2D eigenvalue weighted by Crippen LogP contribution is -1.99. The molecule has 4 heteroatoms. The number of benzene rings is 1. The SMILES string of the molecule is Nc1ccc2ccc3ncc(Cl)cc3c(=O)c2c1. The lowest BCUT2D eigenvalue weighted by molar-refractivity contribution is 1.42. The summed E-state index contributed by atoms with van der Waals surface area (Å²) in [5.74, 6) is 0. The first-order valence-corrected chi connectivity index (χ1v) is 5.81. The van der Waals surface area contributed by atoms with Gasteiger partial charge in [0.15, 0.2) is 5.43 Å². The van der Waals surface area contributed by atoms with E-state index in [1.807, 2.05) is 18.2 Å². The first-order chi connectivity index (χ1) is 8.65. The van der Waals surface area contributed by atoms with Crippen LogP contribution in [0.1, 0.15) is 0 Å². The number of nitrogens with two attached hydrogens (primary N) is 1. The van der Waals surface area contributed by atoms with Crippen molar-refractivity contribution in [2.24, 2.45) is 0 Å². The van der Waals surface area contributed by atoms with Crippen LogP contribution in [0.25, 0.3) is 21.7 Å². The molecule has 0 spiro atoms. The number of hydrogen-bond acceptors (Lipinski definition) is 3. The second-order valence-corrected chi connectivity index (χ2v) is 4.53. The molecule has 0 radical (unpaired) electrons. The summed E-state index contributed by atoms with van der Waals surface area (Å²) in [4.78, 5) is 16.6. The summed E-state index contributed by atoms with van der Waals surface area (Å²) in [5.41, 5.74) is 6.81. The Morgan fingerprint density at radius 2 is 1.83 bits per heavy atom. The minimum Gasteiger partial charge on any atom is -0.399 e. The van der Waals surface area contributed by atoms with E-state index in [9.17, 15) is 4.79 Å². The molecule has 0 bridgehead atoms. The number of aromatic nitrogens is 1. The molecule has 0 aliphatic carbocycles. The van der Waals surface area contributed by atoms with Gasteiger partial charge in [0.2, 0.25) is 0 Å². The van der Waals surface area contributed by atoms with Gasteiger partial charge < -0.3 is 5.73 Å². The molecule has 3 nitrogen and oxygen atoms in total. The van der Waals surface area contributed by atoms with Crippen LogP contribution in [-0.4, -0.2) is 4.98 Å². The van der Waals surface area contributed by atoms with Crippen molar-refractivity contribution in [2.75, 3.05) is 5.73 Å². The van der Waals surface area contributed by atoms with E-state index in [1.54, 1.807) is 18.2 Å². The Kier molecular flexibility index (Phi) is 2.42. The third kappa shape index (κ3) is 1.69. The van der Waals surface area contributed by atoms with Gasteiger partial charge in [-0.1, -0.05) is 23.7 Å². The van der Waals surface area contributed by atoms with E-state index in [1.165, 1.54) is 6.20 Å². The van der Waals surface area contributed by atoms with E-state index in [-0.39, 0.29) is 5.43 Å². The van der Waals surface area contributed by atoms with Gasteiger partial charge in [-0.3, -0.25) is 9.78 Å². The highest BCUT2D eigenvalue weighted by atomic mass is 35.5. The van der Waals surface area contributed by atoms with Crippen LogP contribution >= 0.6 is 11.6 Å². The molecule has 0 aliphatic heterocycles. The molecule has 3 aromatic rings. The molecule has 88 valence electrons. The van der Waals surface area contributed by atoms with Gasteiger partial charge in [-0.05, 0) is 29.7 Å². The third-order valence-corrected chi connectivity index (χ3v) is 3.08. The van der Waals surface area contributed by atoms with Crippen molar-refractivity contribution >= 4 is 39.0 Å². The zero-order valence-corrected chi connectivity index (χ0v) is 10.1. The third-order valence-electron chi connectivity index (χ3n) is 2.87. The minimum atomic E-state index is -0.104. The number of hydrogen-bond donors (Lipinski definition) is 1. The minimum absolute atomic E-state index is 0.104. The molecule has 0 aliphatic rings. The molecule has 0 saturated heterocycles.